The molecule has 0 fully saturated rings. The van der Waals surface area contributed by atoms with Crippen molar-refractivity contribution in [2.24, 2.45) is 0 Å². The normalized spacial score (nSPS) is 16.5. The summed E-state index contributed by atoms with van der Waals surface area (Å²) < 4.78 is 10.9. The number of ether oxygens (including phenoxy) is 2. The van der Waals surface area contributed by atoms with Crippen LogP contribution >= 0.6 is 0 Å². The molecule has 0 spiro atoms. The molecule has 2 amide bonds. The van der Waals surface area contributed by atoms with Gasteiger partial charge in [0.25, 0.3) is 11.8 Å². The zero-order valence-corrected chi connectivity index (χ0v) is 14.6. The van der Waals surface area contributed by atoms with Gasteiger partial charge in [0.05, 0.1) is 24.8 Å². The predicted molar refractivity (Wildman–Crippen MR) is 94.5 cm³/mol. The van der Waals surface area contributed by atoms with Gasteiger partial charge in [-0.1, -0.05) is 31.2 Å². The Morgan fingerprint density at radius 2 is 1.81 bits per heavy atom. The molecular formula is C20H19NO5. The summed E-state index contributed by atoms with van der Waals surface area (Å²) in [6, 6.07) is 13.4. The zero-order chi connectivity index (χ0) is 18.7. The minimum atomic E-state index is -0.812. The van der Waals surface area contributed by atoms with Crippen LogP contribution in [0.15, 0.2) is 48.5 Å². The average Bonchev–Trinajstić information content (AvgIpc) is 2.78. The number of imide groups is 1. The van der Waals surface area contributed by atoms with E-state index in [4.69, 9.17) is 9.47 Å². The maximum Gasteiger partial charge on any atom is 0.270 e. The Kier molecular flexibility index (Phi) is 5.02. The number of amides is 2. The molecule has 0 saturated heterocycles. The van der Waals surface area contributed by atoms with Crippen LogP contribution in [0.25, 0.3) is 0 Å². The van der Waals surface area contributed by atoms with E-state index in [0.29, 0.717) is 23.5 Å². The molecular weight excluding hydrogens is 334 g/mol. The quantitative estimate of drug-likeness (QED) is 0.610. The van der Waals surface area contributed by atoms with Gasteiger partial charge in [-0.05, 0) is 30.7 Å². The van der Waals surface area contributed by atoms with Crippen LogP contribution in [-0.2, 0) is 4.79 Å². The number of methoxy groups -OCH3 is 1. The molecule has 26 heavy (non-hydrogen) atoms. The number of carbonyl (C=O) groups is 3. The van der Waals surface area contributed by atoms with E-state index in [1.54, 1.807) is 55.5 Å². The van der Waals surface area contributed by atoms with Crippen LogP contribution in [0.3, 0.4) is 0 Å². The van der Waals surface area contributed by atoms with E-state index in [1.165, 1.54) is 7.11 Å². The van der Waals surface area contributed by atoms with Crippen LogP contribution in [0.2, 0.25) is 0 Å². The van der Waals surface area contributed by atoms with Crippen LogP contribution in [0, 0.1) is 0 Å². The van der Waals surface area contributed by atoms with Gasteiger partial charge in [0.1, 0.15) is 11.5 Å². The fourth-order valence-corrected chi connectivity index (χ4v) is 2.88. The Labute approximate surface area is 151 Å². The lowest BCUT2D eigenvalue weighted by Gasteiger charge is -2.21. The Balaban J connectivity index is 1.96. The highest BCUT2D eigenvalue weighted by atomic mass is 16.5. The summed E-state index contributed by atoms with van der Waals surface area (Å²) >= 11 is 0. The monoisotopic (exact) mass is 353 g/mol. The smallest absolute Gasteiger partial charge is 0.270 e. The van der Waals surface area contributed by atoms with Gasteiger partial charge in [-0.25, -0.2) is 0 Å². The number of rotatable bonds is 5. The van der Waals surface area contributed by atoms with Gasteiger partial charge in [0.15, 0.2) is 11.9 Å². The number of fused-ring (bicyclic) bond motifs is 1. The van der Waals surface area contributed by atoms with Gasteiger partial charge >= 0.3 is 0 Å². The fourth-order valence-electron chi connectivity index (χ4n) is 2.88. The van der Waals surface area contributed by atoms with E-state index in [0.717, 1.165) is 4.90 Å². The first-order valence-corrected chi connectivity index (χ1v) is 8.34. The number of hydrogen-bond acceptors (Lipinski definition) is 5. The molecule has 3 rings (SSSR count). The maximum atomic E-state index is 12.9. The van der Waals surface area contributed by atoms with Crippen molar-refractivity contribution in [2.45, 2.75) is 19.4 Å². The highest BCUT2D eigenvalue weighted by molar-refractivity contribution is 6.12. The summed E-state index contributed by atoms with van der Waals surface area (Å²) in [6.07, 6.45) is -0.423. The van der Waals surface area contributed by atoms with Crippen molar-refractivity contribution in [1.29, 1.82) is 0 Å². The molecule has 134 valence electrons. The Morgan fingerprint density at radius 3 is 2.54 bits per heavy atom. The largest absolute Gasteiger partial charge is 0.496 e. The molecule has 2 aromatic rings. The first-order valence-electron chi connectivity index (χ1n) is 8.34. The molecule has 1 atom stereocenters. The van der Waals surface area contributed by atoms with E-state index in [-0.39, 0.29) is 17.9 Å². The second kappa shape index (κ2) is 7.39. The van der Waals surface area contributed by atoms with E-state index in [2.05, 4.69) is 0 Å². The second-order valence-corrected chi connectivity index (χ2v) is 5.86. The van der Waals surface area contributed by atoms with E-state index >= 15 is 0 Å². The first kappa shape index (κ1) is 17.7. The SMILES string of the molecule is CCC1Oc2ccccc2C(=O)N(CC(=O)c2ccccc2OC)C1=O. The average molecular weight is 353 g/mol. The molecule has 1 heterocycles. The summed E-state index contributed by atoms with van der Waals surface area (Å²) in [5.74, 6) is -0.680. The second-order valence-electron chi connectivity index (χ2n) is 5.86. The molecule has 1 unspecified atom stereocenters. The van der Waals surface area contributed by atoms with Crippen LogP contribution in [0.5, 0.6) is 11.5 Å². The molecule has 0 aromatic heterocycles. The number of Topliss-reactive ketones (excluding diaryl/α,β-unsaturated/α-hetero) is 1. The number of ketones is 1. The number of nitrogens with zero attached hydrogens (tertiary/aromatic N) is 1. The number of para-hydroxylation sites is 2. The molecule has 6 nitrogen and oxygen atoms in total. The van der Waals surface area contributed by atoms with Crippen molar-refractivity contribution in [3.8, 4) is 11.5 Å². The molecule has 1 aliphatic rings. The van der Waals surface area contributed by atoms with Crippen molar-refractivity contribution in [3.05, 3.63) is 59.7 Å². The van der Waals surface area contributed by atoms with Gasteiger partial charge < -0.3 is 9.47 Å². The Bertz CT molecular complexity index is 861. The van der Waals surface area contributed by atoms with Gasteiger partial charge in [0.2, 0.25) is 0 Å². The standard InChI is InChI=1S/C20H19NO5/c1-3-16-20(24)21(19(23)14-9-5-7-11-18(14)26-16)12-15(22)13-8-4-6-10-17(13)25-2/h4-11,16H,3,12H2,1-2H3. The molecule has 2 aromatic carbocycles. The van der Waals surface area contributed by atoms with Crippen molar-refractivity contribution in [3.63, 3.8) is 0 Å². The topological polar surface area (TPSA) is 72.9 Å². The molecule has 6 heteroatoms. The van der Waals surface area contributed by atoms with Crippen molar-refractivity contribution in [2.75, 3.05) is 13.7 Å². The minimum Gasteiger partial charge on any atom is -0.496 e. The fraction of sp³-hybridized carbons (Fsp3) is 0.250. The first-order chi connectivity index (χ1) is 12.6. The van der Waals surface area contributed by atoms with Crippen LogP contribution in [0.4, 0.5) is 0 Å². The predicted octanol–water partition coefficient (Wildman–Crippen LogP) is 2.72. The number of benzene rings is 2. The third-order valence-electron chi connectivity index (χ3n) is 4.25. The van der Waals surface area contributed by atoms with Crippen molar-refractivity contribution >= 4 is 17.6 Å². The van der Waals surface area contributed by atoms with Gasteiger partial charge in [-0.3, -0.25) is 19.3 Å². The Morgan fingerprint density at radius 1 is 1.12 bits per heavy atom. The molecule has 0 aliphatic carbocycles. The minimum absolute atomic E-state index is 0.268. The third-order valence-corrected chi connectivity index (χ3v) is 4.25. The molecule has 0 radical (unpaired) electrons. The summed E-state index contributed by atoms with van der Waals surface area (Å²) in [5.41, 5.74) is 0.590. The van der Waals surface area contributed by atoms with E-state index in [1.807, 2.05) is 0 Å². The molecule has 1 aliphatic heterocycles. The summed E-state index contributed by atoms with van der Waals surface area (Å²) in [6.45, 7) is 1.42. The summed E-state index contributed by atoms with van der Waals surface area (Å²) in [4.78, 5) is 39.3. The molecule has 0 saturated carbocycles. The molecule has 0 N–H and O–H groups in total. The van der Waals surface area contributed by atoms with Gasteiger partial charge in [0, 0.05) is 0 Å². The van der Waals surface area contributed by atoms with Crippen LogP contribution in [0.1, 0.15) is 34.1 Å². The summed E-state index contributed by atoms with van der Waals surface area (Å²) in [7, 11) is 1.46. The lowest BCUT2D eigenvalue weighted by molar-refractivity contribution is -0.135. The van der Waals surface area contributed by atoms with E-state index < -0.39 is 17.9 Å². The third kappa shape index (κ3) is 3.18. The van der Waals surface area contributed by atoms with Crippen molar-refractivity contribution < 1.29 is 23.9 Å². The van der Waals surface area contributed by atoms with Crippen LogP contribution < -0.4 is 9.47 Å². The highest BCUT2D eigenvalue weighted by Crippen LogP contribution is 2.27. The molecule has 0 bridgehead atoms. The zero-order valence-electron chi connectivity index (χ0n) is 14.6. The highest BCUT2D eigenvalue weighted by Gasteiger charge is 2.36. The maximum absolute atomic E-state index is 12.9. The number of hydrogen-bond donors (Lipinski definition) is 0. The van der Waals surface area contributed by atoms with Crippen LogP contribution in [-0.4, -0.2) is 42.3 Å². The van der Waals surface area contributed by atoms with E-state index in [9.17, 15) is 14.4 Å². The lowest BCUT2D eigenvalue weighted by atomic mass is 10.1. The number of carbonyl (C=O) groups excluding carboxylic acids is 3. The Hall–Kier alpha value is -3.15. The summed E-state index contributed by atoms with van der Waals surface area (Å²) in [5, 5.41) is 0. The van der Waals surface area contributed by atoms with Gasteiger partial charge in [-0.2, -0.15) is 0 Å². The lowest BCUT2D eigenvalue weighted by Crippen LogP contribution is -2.45. The van der Waals surface area contributed by atoms with Gasteiger partial charge in [-0.15, -0.1) is 0 Å². The van der Waals surface area contributed by atoms with Crippen molar-refractivity contribution in [1.82, 2.24) is 4.90 Å².